The lowest BCUT2D eigenvalue weighted by Gasteiger charge is -2.30. The minimum absolute atomic E-state index is 0.0958. The van der Waals surface area contributed by atoms with Crippen LogP contribution >= 0.6 is 22.9 Å². The highest BCUT2D eigenvalue weighted by Crippen LogP contribution is 2.37. The Morgan fingerprint density at radius 3 is 2.52 bits per heavy atom. The number of hydrogen-bond acceptors (Lipinski definition) is 8. The number of anilines is 1. The van der Waals surface area contributed by atoms with Crippen LogP contribution in [0.25, 0.3) is 11.1 Å². The highest BCUT2D eigenvalue weighted by atomic mass is 35.5. The second-order valence-corrected chi connectivity index (χ2v) is 11.1. The molecule has 14 heteroatoms. The van der Waals surface area contributed by atoms with E-state index < -0.39 is 18.4 Å². The first-order valence-corrected chi connectivity index (χ1v) is 13.7. The Bertz CT molecular complexity index is 1420. The predicted molar refractivity (Wildman–Crippen MR) is 141 cm³/mol. The fourth-order valence-electron chi connectivity index (χ4n) is 5.04. The van der Waals surface area contributed by atoms with Crippen LogP contribution in [0.2, 0.25) is 5.15 Å². The molecule has 2 aliphatic rings. The molecule has 0 spiro atoms. The van der Waals surface area contributed by atoms with Crippen LogP contribution in [0.4, 0.5) is 18.3 Å². The molecule has 40 heavy (non-hydrogen) atoms. The first kappa shape index (κ1) is 28.2. The smallest absolute Gasteiger partial charge is 0.494 e. The van der Waals surface area contributed by atoms with Gasteiger partial charge in [-0.05, 0) is 44.7 Å². The van der Waals surface area contributed by atoms with Gasteiger partial charge in [0.1, 0.15) is 10.9 Å². The number of carbonyl (C=O) groups excluding carboxylic acids is 2. The van der Waals surface area contributed by atoms with E-state index in [1.54, 1.807) is 24.0 Å². The number of nitrogens with zero attached hydrogens (tertiary/aromatic N) is 4. The lowest BCUT2D eigenvalue weighted by molar-refractivity contribution is -0.345. The number of methoxy groups -OCH3 is 1. The Morgan fingerprint density at radius 1 is 1.10 bits per heavy atom. The van der Waals surface area contributed by atoms with Crippen molar-refractivity contribution in [2.24, 2.45) is 5.92 Å². The minimum atomic E-state index is -4.67. The summed E-state index contributed by atoms with van der Waals surface area (Å²) in [5.74, 6) is -0.409. The highest BCUT2D eigenvalue weighted by molar-refractivity contribution is 7.16. The Hall–Kier alpha value is -3.29. The number of ether oxygens (including phenoxy) is 2. The van der Waals surface area contributed by atoms with Crippen molar-refractivity contribution >= 4 is 39.9 Å². The van der Waals surface area contributed by atoms with Gasteiger partial charge in [0.15, 0.2) is 5.13 Å². The van der Waals surface area contributed by atoms with Gasteiger partial charge < -0.3 is 9.64 Å². The van der Waals surface area contributed by atoms with Crippen molar-refractivity contribution in [2.75, 3.05) is 12.4 Å². The molecule has 0 aromatic carbocycles. The van der Waals surface area contributed by atoms with E-state index in [-0.39, 0.29) is 36.4 Å². The number of amides is 2. The molecule has 0 saturated heterocycles. The maximum Gasteiger partial charge on any atom is 0.522 e. The summed E-state index contributed by atoms with van der Waals surface area (Å²) >= 11 is 7.39. The molecule has 0 atom stereocenters. The normalized spacial score (nSPS) is 18.9. The molecule has 1 aliphatic heterocycles. The number of thiazole rings is 1. The van der Waals surface area contributed by atoms with Gasteiger partial charge in [-0.3, -0.25) is 24.6 Å². The van der Waals surface area contributed by atoms with E-state index in [1.807, 2.05) is 0 Å². The lowest BCUT2D eigenvalue weighted by atomic mass is 9.86. The third kappa shape index (κ3) is 6.21. The largest absolute Gasteiger partial charge is 0.522 e. The van der Waals surface area contributed by atoms with Crippen molar-refractivity contribution < 1.29 is 32.2 Å². The summed E-state index contributed by atoms with van der Waals surface area (Å²) in [7, 11) is 1.50. The maximum atomic E-state index is 13.3. The number of nitrogens with one attached hydrogen (secondary N) is 1. The molecule has 0 unspecified atom stereocenters. The zero-order valence-electron chi connectivity index (χ0n) is 21.5. The number of carbonyl (C=O) groups is 2. The minimum Gasteiger partial charge on any atom is -0.494 e. The lowest BCUT2D eigenvalue weighted by Crippen LogP contribution is -2.36. The van der Waals surface area contributed by atoms with Crippen molar-refractivity contribution in [1.82, 2.24) is 19.9 Å². The van der Waals surface area contributed by atoms with E-state index in [4.69, 9.17) is 16.3 Å². The first-order chi connectivity index (χ1) is 19.0. The van der Waals surface area contributed by atoms with Gasteiger partial charge in [0.2, 0.25) is 5.91 Å². The van der Waals surface area contributed by atoms with Crippen molar-refractivity contribution in [2.45, 2.75) is 58.2 Å². The van der Waals surface area contributed by atoms with Crippen molar-refractivity contribution in [3.05, 3.63) is 51.5 Å². The average Bonchev–Trinajstić information content (AvgIpc) is 3.46. The number of pyridine rings is 2. The number of hydrogen-bond donors (Lipinski definition) is 1. The van der Waals surface area contributed by atoms with Crippen molar-refractivity contribution in [3.63, 3.8) is 0 Å². The third-order valence-electron chi connectivity index (χ3n) is 6.94. The summed E-state index contributed by atoms with van der Waals surface area (Å²) < 4.78 is 47.0. The van der Waals surface area contributed by atoms with Crippen LogP contribution < -0.4 is 10.1 Å². The fraction of sp³-hybridized carbons (Fsp3) is 0.423. The Morgan fingerprint density at radius 2 is 1.85 bits per heavy atom. The second-order valence-electron chi connectivity index (χ2n) is 9.65. The number of aryl methyl sites for hydroxylation is 1. The molecule has 1 aliphatic carbocycles. The van der Waals surface area contributed by atoms with Crippen LogP contribution in [0, 0.1) is 12.8 Å². The number of aromatic nitrogens is 3. The fourth-order valence-corrected chi connectivity index (χ4v) is 6.18. The molecular weight excluding hydrogens is 571 g/mol. The van der Waals surface area contributed by atoms with Crippen molar-refractivity contribution in [3.8, 4) is 16.9 Å². The predicted octanol–water partition coefficient (Wildman–Crippen LogP) is 5.76. The van der Waals surface area contributed by atoms with E-state index in [0.29, 0.717) is 58.3 Å². The molecule has 3 aromatic rings. The standard InChI is InChI=1S/C26H25ClF3N5O4S/c1-13-7-16(17-8-22(27)32-10-20(17)38-2)18(9-31-13)23(36)34-25-33-19-11-35(12-21(19)40-25)24(37)14-3-5-15(6-4-14)39-26(28,29)30/h7-10,14-15H,3-6,11-12H2,1-2H3,(H,33,34,36). The molecule has 1 fully saturated rings. The molecular formula is C26H25ClF3N5O4S. The Balaban J connectivity index is 1.24. The van der Waals surface area contributed by atoms with E-state index in [2.05, 4.69) is 25.0 Å². The number of alkyl halides is 3. The molecule has 5 rings (SSSR count). The highest BCUT2D eigenvalue weighted by Gasteiger charge is 2.38. The number of halogens is 4. The summed E-state index contributed by atoms with van der Waals surface area (Å²) in [6.45, 7) is 2.43. The molecule has 9 nitrogen and oxygen atoms in total. The van der Waals surface area contributed by atoms with E-state index in [1.165, 1.54) is 30.8 Å². The molecule has 3 aromatic heterocycles. The quantitative estimate of drug-likeness (QED) is 0.361. The van der Waals surface area contributed by atoms with E-state index >= 15 is 0 Å². The average molecular weight is 596 g/mol. The molecule has 2 amide bonds. The third-order valence-corrected chi connectivity index (χ3v) is 8.14. The molecule has 0 bridgehead atoms. The monoisotopic (exact) mass is 595 g/mol. The number of rotatable bonds is 6. The van der Waals surface area contributed by atoms with Gasteiger partial charge in [0.25, 0.3) is 5.91 Å². The first-order valence-electron chi connectivity index (χ1n) is 12.5. The molecule has 0 radical (unpaired) electrons. The van der Waals surface area contributed by atoms with Gasteiger partial charge in [-0.15, -0.1) is 13.2 Å². The van der Waals surface area contributed by atoms with Gasteiger partial charge in [-0.25, -0.2) is 9.97 Å². The molecule has 4 heterocycles. The number of fused-ring (bicyclic) bond motifs is 1. The van der Waals surface area contributed by atoms with Crippen molar-refractivity contribution in [1.29, 1.82) is 0 Å². The van der Waals surface area contributed by atoms with Gasteiger partial charge in [0, 0.05) is 28.9 Å². The van der Waals surface area contributed by atoms with Crippen LogP contribution in [0.5, 0.6) is 5.75 Å². The summed E-state index contributed by atoms with van der Waals surface area (Å²) in [6.07, 6.45) is -1.54. The van der Waals surface area contributed by atoms with Crippen LogP contribution in [0.1, 0.15) is 52.3 Å². The molecule has 212 valence electrons. The van der Waals surface area contributed by atoms with Crippen LogP contribution in [-0.4, -0.2) is 51.2 Å². The van der Waals surface area contributed by atoms with Gasteiger partial charge >= 0.3 is 6.36 Å². The molecule has 1 N–H and O–H groups in total. The zero-order valence-corrected chi connectivity index (χ0v) is 23.1. The van der Waals surface area contributed by atoms with Gasteiger partial charge in [0.05, 0.1) is 48.6 Å². The summed E-state index contributed by atoms with van der Waals surface area (Å²) in [5.41, 5.74) is 2.84. The summed E-state index contributed by atoms with van der Waals surface area (Å²) in [5, 5.41) is 3.46. The van der Waals surface area contributed by atoms with E-state index in [9.17, 15) is 22.8 Å². The maximum absolute atomic E-state index is 13.3. The van der Waals surface area contributed by atoms with Crippen LogP contribution in [0.15, 0.2) is 24.5 Å². The SMILES string of the molecule is COc1cnc(Cl)cc1-c1cc(C)ncc1C(=O)Nc1nc2c(s1)CN(C(=O)C1CCC(OC(F)(F)F)CC1)C2. The Kier molecular flexibility index (Phi) is 7.98. The summed E-state index contributed by atoms with van der Waals surface area (Å²) in [4.78, 5) is 41.7. The van der Waals surface area contributed by atoms with Crippen LogP contribution in [-0.2, 0) is 22.6 Å². The van der Waals surface area contributed by atoms with Crippen LogP contribution in [0.3, 0.4) is 0 Å². The topological polar surface area (TPSA) is 107 Å². The Labute approximate surface area is 236 Å². The van der Waals surface area contributed by atoms with Gasteiger partial charge in [-0.1, -0.05) is 22.9 Å². The second kappa shape index (κ2) is 11.3. The van der Waals surface area contributed by atoms with Gasteiger partial charge in [-0.2, -0.15) is 0 Å². The van der Waals surface area contributed by atoms with E-state index in [0.717, 1.165) is 4.88 Å². The summed E-state index contributed by atoms with van der Waals surface area (Å²) in [6, 6.07) is 3.38. The zero-order chi connectivity index (χ0) is 28.6. The molecule has 1 saturated carbocycles.